The highest BCUT2D eigenvalue weighted by molar-refractivity contribution is 8.00. The number of nitrogens with zero attached hydrogens (tertiary/aromatic N) is 1. The molecule has 88 valence electrons. The van der Waals surface area contributed by atoms with Crippen LogP contribution in [-0.2, 0) is 6.54 Å². The normalized spacial score (nSPS) is 20.1. The lowest BCUT2D eigenvalue weighted by Crippen LogP contribution is -2.22. The smallest absolute Gasteiger partial charge is 0.311 e. The molecule has 1 unspecified atom stereocenters. The van der Waals surface area contributed by atoms with Gasteiger partial charge in [0.25, 0.3) is 0 Å². The summed E-state index contributed by atoms with van der Waals surface area (Å²) in [5.41, 5.74) is 0. The van der Waals surface area contributed by atoms with E-state index in [0.29, 0.717) is 0 Å². The summed E-state index contributed by atoms with van der Waals surface area (Å²) in [7, 11) is 0. The van der Waals surface area contributed by atoms with E-state index < -0.39 is 0 Å². The highest BCUT2D eigenvalue weighted by atomic mass is 32.2. The molecule has 2 heterocycles. The molecular weight excluding hydrogens is 244 g/mol. The van der Waals surface area contributed by atoms with Gasteiger partial charge in [0.05, 0.1) is 4.92 Å². The third kappa shape index (κ3) is 3.20. The van der Waals surface area contributed by atoms with Crippen LogP contribution in [0.15, 0.2) is 12.1 Å². The van der Waals surface area contributed by atoms with Gasteiger partial charge in [-0.1, -0.05) is 11.3 Å². The van der Waals surface area contributed by atoms with Crippen LogP contribution in [0, 0.1) is 10.1 Å². The van der Waals surface area contributed by atoms with Gasteiger partial charge >= 0.3 is 5.00 Å². The summed E-state index contributed by atoms with van der Waals surface area (Å²) in [5, 5.41) is 14.8. The molecular formula is C10H14N2O2S2. The maximum absolute atomic E-state index is 10.5. The Bertz CT molecular complexity index is 361. The van der Waals surface area contributed by atoms with Crippen molar-refractivity contribution in [2.75, 3.05) is 12.3 Å². The number of nitrogens with one attached hydrogen (secondary N) is 1. The van der Waals surface area contributed by atoms with Gasteiger partial charge in [0, 0.05) is 29.3 Å². The second kappa shape index (κ2) is 5.65. The van der Waals surface area contributed by atoms with E-state index in [2.05, 4.69) is 5.32 Å². The van der Waals surface area contributed by atoms with Crippen molar-refractivity contribution in [2.45, 2.75) is 24.6 Å². The van der Waals surface area contributed by atoms with E-state index >= 15 is 0 Å². The average Bonchev–Trinajstić information content (AvgIpc) is 2.87. The number of hydrogen-bond acceptors (Lipinski definition) is 5. The van der Waals surface area contributed by atoms with Crippen molar-refractivity contribution >= 4 is 28.1 Å². The minimum atomic E-state index is -0.332. The largest absolute Gasteiger partial charge is 0.324 e. The van der Waals surface area contributed by atoms with E-state index in [9.17, 15) is 10.1 Å². The zero-order valence-electron chi connectivity index (χ0n) is 8.85. The Morgan fingerprint density at radius 2 is 2.44 bits per heavy atom. The average molecular weight is 258 g/mol. The molecule has 0 aromatic carbocycles. The molecule has 1 saturated heterocycles. The van der Waals surface area contributed by atoms with Crippen molar-refractivity contribution < 1.29 is 4.92 Å². The molecule has 1 fully saturated rings. The third-order valence-corrected chi connectivity index (χ3v) is 4.96. The van der Waals surface area contributed by atoms with Gasteiger partial charge in [-0.25, -0.2) is 0 Å². The van der Waals surface area contributed by atoms with E-state index in [-0.39, 0.29) is 9.92 Å². The van der Waals surface area contributed by atoms with Gasteiger partial charge < -0.3 is 5.32 Å². The molecule has 0 amide bonds. The molecule has 0 saturated carbocycles. The molecule has 1 atom stereocenters. The predicted octanol–water partition coefficient (Wildman–Crippen LogP) is 2.64. The lowest BCUT2D eigenvalue weighted by Gasteiger charge is -2.08. The molecule has 1 aromatic heterocycles. The van der Waals surface area contributed by atoms with E-state index in [4.69, 9.17) is 0 Å². The van der Waals surface area contributed by atoms with Crippen LogP contribution >= 0.6 is 23.1 Å². The molecule has 1 aliphatic heterocycles. The van der Waals surface area contributed by atoms with E-state index in [1.165, 1.54) is 29.9 Å². The molecule has 1 N–H and O–H groups in total. The van der Waals surface area contributed by atoms with Gasteiger partial charge in [0.1, 0.15) is 0 Å². The van der Waals surface area contributed by atoms with Gasteiger partial charge in [0.15, 0.2) is 0 Å². The Morgan fingerprint density at radius 3 is 3.06 bits per heavy atom. The summed E-state index contributed by atoms with van der Waals surface area (Å²) < 4.78 is 0. The number of hydrogen-bond donors (Lipinski definition) is 1. The van der Waals surface area contributed by atoms with Crippen LogP contribution in [0.5, 0.6) is 0 Å². The first-order valence-electron chi connectivity index (χ1n) is 5.31. The zero-order chi connectivity index (χ0) is 11.4. The fourth-order valence-electron chi connectivity index (χ4n) is 1.72. The number of thioether (sulfide) groups is 1. The molecule has 16 heavy (non-hydrogen) atoms. The molecule has 6 heteroatoms. The molecule has 1 aromatic rings. The maximum Gasteiger partial charge on any atom is 0.324 e. The Morgan fingerprint density at radius 1 is 1.56 bits per heavy atom. The standard InChI is InChI=1S/C10H14N2O2S2/c13-12(14)10-4-3-9(16-10)7-11-6-8-2-1-5-15-8/h3-4,8,11H,1-2,5-7H2. The van der Waals surface area contributed by atoms with Crippen molar-refractivity contribution in [3.05, 3.63) is 27.1 Å². The Hall–Kier alpha value is -0.590. The topological polar surface area (TPSA) is 55.2 Å². The molecule has 0 spiro atoms. The highest BCUT2D eigenvalue weighted by Crippen LogP contribution is 2.26. The van der Waals surface area contributed by atoms with Crippen LogP contribution in [0.25, 0.3) is 0 Å². The first-order chi connectivity index (χ1) is 7.75. The van der Waals surface area contributed by atoms with E-state index in [1.807, 2.05) is 17.8 Å². The molecule has 0 aliphatic carbocycles. The first-order valence-corrected chi connectivity index (χ1v) is 7.17. The number of nitro groups is 1. The fourth-order valence-corrected chi connectivity index (χ4v) is 3.75. The summed E-state index contributed by atoms with van der Waals surface area (Å²) in [5.74, 6) is 1.27. The molecule has 2 rings (SSSR count). The van der Waals surface area contributed by atoms with Gasteiger partial charge in [-0.2, -0.15) is 11.8 Å². The van der Waals surface area contributed by atoms with Gasteiger partial charge in [-0.05, 0) is 24.7 Å². The molecule has 1 aliphatic rings. The molecule has 4 nitrogen and oxygen atoms in total. The maximum atomic E-state index is 10.5. The first kappa shape index (κ1) is 11.9. The second-order valence-electron chi connectivity index (χ2n) is 3.76. The van der Waals surface area contributed by atoms with E-state index in [0.717, 1.165) is 23.2 Å². The van der Waals surface area contributed by atoms with Gasteiger partial charge in [0.2, 0.25) is 0 Å². The Balaban J connectivity index is 1.74. The van der Waals surface area contributed by atoms with Crippen LogP contribution in [0.2, 0.25) is 0 Å². The van der Waals surface area contributed by atoms with Crippen LogP contribution < -0.4 is 5.32 Å². The number of thiophene rings is 1. The summed E-state index contributed by atoms with van der Waals surface area (Å²) in [4.78, 5) is 11.2. The van der Waals surface area contributed by atoms with Crippen LogP contribution in [0.1, 0.15) is 17.7 Å². The molecule has 0 bridgehead atoms. The number of rotatable bonds is 5. The Kier molecular flexibility index (Phi) is 4.20. The summed E-state index contributed by atoms with van der Waals surface area (Å²) in [6, 6.07) is 3.41. The van der Waals surface area contributed by atoms with Gasteiger partial charge in [-0.15, -0.1) is 0 Å². The molecule has 0 radical (unpaired) electrons. The minimum Gasteiger partial charge on any atom is -0.311 e. The highest BCUT2D eigenvalue weighted by Gasteiger charge is 2.15. The van der Waals surface area contributed by atoms with Crippen LogP contribution in [0.3, 0.4) is 0 Å². The lowest BCUT2D eigenvalue weighted by molar-refractivity contribution is -0.380. The minimum absolute atomic E-state index is 0.229. The zero-order valence-corrected chi connectivity index (χ0v) is 10.5. The van der Waals surface area contributed by atoms with Crippen molar-refractivity contribution in [1.82, 2.24) is 5.32 Å². The quantitative estimate of drug-likeness (QED) is 0.651. The van der Waals surface area contributed by atoms with E-state index in [1.54, 1.807) is 6.07 Å². The SMILES string of the molecule is O=[N+]([O-])c1ccc(CNCC2CCCS2)s1. The van der Waals surface area contributed by atoms with Crippen LogP contribution in [-0.4, -0.2) is 22.5 Å². The second-order valence-corrected chi connectivity index (χ2v) is 6.32. The monoisotopic (exact) mass is 258 g/mol. The van der Waals surface area contributed by atoms with Crippen molar-refractivity contribution in [1.29, 1.82) is 0 Å². The van der Waals surface area contributed by atoms with Crippen LogP contribution in [0.4, 0.5) is 5.00 Å². The summed E-state index contributed by atoms with van der Waals surface area (Å²) in [6.45, 7) is 1.76. The van der Waals surface area contributed by atoms with Gasteiger partial charge in [-0.3, -0.25) is 10.1 Å². The summed E-state index contributed by atoms with van der Waals surface area (Å²) in [6.07, 6.45) is 2.61. The third-order valence-electron chi connectivity index (χ3n) is 2.52. The fraction of sp³-hybridized carbons (Fsp3) is 0.600. The summed E-state index contributed by atoms with van der Waals surface area (Å²) >= 11 is 3.28. The van der Waals surface area contributed by atoms with Crippen molar-refractivity contribution in [2.24, 2.45) is 0 Å². The Labute approximate surface area is 103 Å². The van der Waals surface area contributed by atoms with Crippen molar-refractivity contribution in [3.63, 3.8) is 0 Å². The van der Waals surface area contributed by atoms with Crippen molar-refractivity contribution in [3.8, 4) is 0 Å². The lowest BCUT2D eigenvalue weighted by atomic mass is 10.2. The predicted molar refractivity (Wildman–Crippen MR) is 68.2 cm³/mol.